The van der Waals surface area contributed by atoms with Gasteiger partial charge in [-0.15, -0.1) is 0 Å². The van der Waals surface area contributed by atoms with Crippen LogP contribution in [0.3, 0.4) is 0 Å². The summed E-state index contributed by atoms with van der Waals surface area (Å²) in [6, 6.07) is 4.40. The minimum atomic E-state index is -1.01. The van der Waals surface area contributed by atoms with Crippen molar-refractivity contribution in [3.8, 4) is 0 Å². The van der Waals surface area contributed by atoms with E-state index in [4.69, 9.17) is 15.2 Å². The first-order chi connectivity index (χ1) is 24.8. The van der Waals surface area contributed by atoms with Crippen LogP contribution in [0.5, 0.6) is 0 Å². The molecule has 53 heavy (non-hydrogen) atoms. The molecule has 1 saturated heterocycles. The summed E-state index contributed by atoms with van der Waals surface area (Å²) in [5, 5.41) is 16.9. The van der Waals surface area contributed by atoms with Crippen LogP contribution in [0.15, 0.2) is 24.3 Å². The number of para-hydroxylation sites is 1. The van der Waals surface area contributed by atoms with Crippen molar-refractivity contribution in [1.82, 2.24) is 25.3 Å². The Hall–Kier alpha value is -3.26. The van der Waals surface area contributed by atoms with Crippen LogP contribution in [-0.2, 0) is 28.7 Å². The third kappa shape index (κ3) is 11.6. The van der Waals surface area contributed by atoms with Crippen molar-refractivity contribution >= 4 is 29.3 Å². The SMILES string of the molecule is CC[C@H](C)[C@@H]([C@@H](CC(=O)N1CCC[C@H]1[C@H](OC)[C@@H](C)C(=O)N[C@H](C)[C@@H](O)c1ccccc1N)OC)N(C)C(=O)[C@@H](NC(=O)[C@H](C(C)C)N(C)C)C(C)C. The zero-order valence-corrected chi connectivity index (χ0v) is 34.6. The summed E-state index contributed by atoms with van der Waals surface area (Å²) in [4.78, 5) is 60.6. The number of methoxy groups -OCH3 is 2. The van der Waals surface area contributed by atoms with Crippen molar-refractivity contribution in [3.05, 3.63) is 29.8 Å². The number of anilines is 1. The lowest BCUT2D eigenvalue weighted by Gasteiger charge is -2.41. The van der Waals surface area contributed by atoms with Gasteiger partial charge in [0.2, 0.25) is 23.6 Å². The van der Waals surface area contributed by atoms with Gasteiger partial charge in [0.25, 0.3) is 0 Å². The van der Waals surface area contributed by atoms with Gasteiger partial charge >= 0.3 is 0 Å². The number of amides is 4. The lowest BCUT2D eigenvalue weighted by Crippen LogP contribution is -2.59. The van der Waals surface area contributed by atoms with Crippen molar-refractivity contribution in [3.63, 3.8) is 0 Å². The molecular formula is C40H70N6O7. The molecule has 1 aromatic rings. The molecule has 0 unspecified atom stereocenters. The van der Waals surface area contributed by atoms with Crippen LogP contribution in [-0.4, -0.2) is 128 Å². The smallest absolute Gasteiger partial charge is 0.245 e. The Kier molecular flexibility index (Phi) is 18.2. The van der Waals surface area contributed by atoms with Crippen molar-refractivity contribution in [2.45, 2.75) is 130 Å². The molecule has 5 N–H and O–H groups in total. The Balaban J connectivity index is 2.26. The lowest BCUT2D eigenvalue weighted by molar-refractivity contribution is -0.148. The number of rotatable bonds is 20. The van der Waals surface area contributed by atoms with Crippen LogP contribution in [0.1, 0.15) is 92.7 Å². The number of aliphatic hydroxyl groups excluding tert-OH is 1. The second-order valence-electron chi connectivity index (χ2n) is 15.8. The van der Waals surface area contributed by atoms with E-state index in [1.54, 1.807) is 69.2 Å². The summed E-state index contributed by atoms with van der Waals surface area (Å²) in [6.45, 7) is 15.9. The maximum absolute atomic E-state index is 14.2. The third-order valence-corrected chi connectivity index (χ3v) is 11.1. The van der Waals surface area contributed by atoms with Gasteiger partial charge in [-0.3, -0.25) is 24.1 Å². The minimum Gasteiger partial charge on any atom is -0.398 e. The molecule has 0 radical (unpaired) electrons. The molecule has 0 spiro atoms. The summed E-state index contributed by atoms with van der Waals surface area (Å²) in [5.41, 5.74) is 7.04. The van der Waals surface area contributed by atoms with Gasteiger partial charge in [0.15, 0.2) is 0 Å². The molecule has 0 bridgehead atoms. The van der Waals surface area contributed by atoms with Crippen molar-refractivity contribution < 1.29 is 33.8 Å². The monoisotopic (exact) mass is 747 g/mol. The molecule has 2 rings (SSSR count). The number of aliphatic hydroxyl groups is 1. The predicted molar refractivity (Wildman–Crippen MR) is 209 cm³/mol. The average Bonchev–Trinajstić information content (AvgIpc) is 3.59. The summed E-state index contributed by atoms with van der Waals surface area (Å²) in [7, 11) is 8.54. The van der Waals surface area contributed by atoms with Crippen LogP contribution in [0.25, 0.3) is 0 Å². The molecule has 0 saturated carbocycles. The number of ether oxygens (including phenoxy) is 2. The van der Waals surface area contributed by atoms with Gasteiger partial charge < -0.3 is 40.7 Å². The first-order valence-electron chi connectivity index (χ1n) is 19.3. The summed E-state index contributed by atoms with van der Waals surface area (Å²) >= 11 is 0. The number of benzene rings is 1. The van der Waals surface area contributed by atoms with E-state index in [2.05, 4.69) is 10.6 Å². The van der Waals surface area contributed by atoms with Crippen molar-refractivity contribution in [2.24, 2.45) is 23.7 Å². The highest BCUT2D eigenvalue weighted by Crippen LogP contribution is 2.30. The zero-order valence-electron chi connectivity index (χ0n) is 34.6. The number of hydrogen-bond donors (Lipinski definition) is 4. The standard InChI is InChI=1S/C40H70N6O7/c1-14-25(6)35(45(11)40(51)33(23(2)3)43-39(50)34(24(4)5)44(9)10)31(52-12)22-32(47)46-21-17-20-30(46)37(53-13)26(7)38(49)42-27(8)36(48)28-18-15-16-19-29(28)41/h15-16,18-19,23-27,30-31,33-37,48H,14,17,20-22,41H2,1-13H3,(H,42,49)(H,43,50)/t25-,26+,27+,30-,31+,33-,34-,35-,36+,37+/m0/s1. The molecule has 4 amide bonds. The van der Waals surface area contributed by atoms with Crippen LogP contribution >= 0.6 is 0 Å². The van der Waals surface area contributed by atoms with Gasteiger partial charge in [-0.25, -0.2) is 0 Å². The molecule has 10 atom stereocenters. The number of carbonyl (C=O) groups is 4. The van der Waals surface area contributed by atoms with Gasteiger partial charge in [0.05, 0.1) is 48.7 Å². The molecule has 1 fully saturated rings. The highest BCUT2D eigenvalue weighted by Gasteiger charge is 2.43. The molecule has 1 aliphatic rings. The molecule has 1 aliphatic heterocycles. The number of likely N-dealkylation sites (N-methyl/N-ethyl adjacent to an activating group) is 2. The molecule has 1 heterocycles. The normalized spacial score (nSPS) is 19.9. The fourth-order valence-corrected chi connectivity index (χ4v) is 7.90. The minimum absolute atomic E-state index is 0.0210. The Bertz CT molecular complexity index is 1330. The summed E-state index contributed by atoms with van der Waals surface area (Å²) in [5.74, 6) is -1.68. The van der Waals surface area contributed by atoms with Crippen LogP contribution < -0.4 is 16.4 Å². The third-order valence-electron chi connectivity index (χ3n) is 11.1. The highest BCUT2D eigenvalue weighted by atomic mass is 16.5. The number of likely N-dealkylation sites (tertiary alicyclic amines) is 1. The van der Waals surface area contributed by atoms with E-state index in [1.807, 2.05) is 60.5 Å². The molecule has 0 aliphatic carbocycles. The number of nitrogens with two attached hydrogens (primary N) is 1. The second kappa shape index (κ2) is 21.0. The average molecular weight is 747 g/mol. The van der Waals surface area contributed by atoms with Gasteiger partial charge in [-0.05, 0) is 57.7 Å². The van der Waals surface area contributed by atoms with E-state index < -0.39 is 48.4 Å². The Morgan fingerprint density at radius 3 is 2.08 bits per heavy atom. The molecule has 0 aromatic heterocycles. The largest absolute Gasteiger partial charge is 0.398 e. The van der Waals surface area contributed by atoms with Crippen LogP contribution in [0.2, 0.25) is 0 Å². The van der Waals surface area contributed by atoms with E-state index in [9.17, 15) is 24.3 Å². The molecule has 302 valence electrons. The van der Waals surface area contributed by atoms with E-state index in [0.717, 1.165) is 12.8 Å². The predicted octanol–water partition coefficient (Wildman–Crippen LogP) is 3.45. The fourth-order valence-electron chi connectivity index (χ4n) is 7.90. The second-order valence-corrected chi connectivity index (χ2v) is 15.8. The zero-order chi connectivity index (χ0) is 40.3. The first-order valence-corrected chi connectivity index (χ1v) is 19.3. The number of hydrogen-bond acceptors (Lipinski definition) is 9. The fraction of sp³-hybridized carbons (Fsp3) is 0.750. The first kappa shape index (κ1) is 45.9. The van der Waals surface area contributed by atoms with Gasteiger partial charge in [-0.2, -0.15) is 0 Å². The van der Waals surface area contributed by atoms with Gasteiger partial charge in [0.1, 0.15) is 12.1 Å². The quantitative estimate of drug-likeness (QED) is 0.146. The van der Waals surface area contributed by atoms with E-state index >= 15 is 0 Å². The lowest BCUT2D eigenvalue weighted by atomic mass is 9.89. The Morgan fingerprint density at radius 1 is 0.943 bits per heavy atom. The van der Waals surface area contributed by atoms with E-state index in [1.165, 1.54) is 0 Å². The molecule has 13 nitrogen and oxygen atoms in total. The van der Waals surface area contributed by atoms with Crippen molar-refractivity contribution in [2.75, 3.05) is 47.6 Å². The maximum Gasteiger partial charge on any atom is 0.245 e. The summed E-state index contributed by atoms with van der Waals surface area (Å²) in [6.07, 6.45) is -0.0724. The van der Waals surface area contributed by atoms with Crippen LogP contribution in [0, 0.1) is 23.7 Å². The van der Waals surface area contributed by atoms with Gasteiger partial charge in [0, 0.05) is 39.1 Å². The molecule has 1 aromatic carbocycles. The Morgan fingerprint density at radius 2 is 1.57 bits per heavy atom. The number of nitrogen functional groups attached to an aromatic ring is 1. The van der Waals surface area contributed by atoms with Crippen molar-refractivity contribution in [1.29, 1.82) is 0 Å². The maximum atomic E-state index is 14.2. The van der Waals surface area contributed by atoms with E-state index in [0.29, 0.717) is 24.2 Å². The summed E-state index contributed by atoms with van der Waals surface area (Å²) < 4.78 is 11.9. The van der Waals surface area contributed by atoms with Crippen LogP contribution in [0.4, 0.5) is 5.69 Å². The molecule has 13 heteroatoms. The van der Waals surface area contributed by atoms with Gasteiger partial charge in [-0.1, -0.05) is 73.1 Å². The number of nitrogens with one attached hydrogen (secondary N) is 2. The highest BCUT2D eigenvalue weighted by molar-refractivity contribution is 5.90. The molecular weight excluding hydrogens is 676 g/mol. The topological polar surface area (TPSA) is 167 Å². The number of carbonyl (C=O) groups excluding carboxylic acids is 4. The number of nitrogens with zero attached hydrogens (tertiary/aromatic N) is 3. The Labute approximate surface area is 318 Å². The van der Waals surface area contributed by atoms with E-state index in [-0.39, 0.29) is 53.8 Å².